The van der Waals surface area contributed by atoms with Crippen LogP contribution in [0.4, 0.5) is 0 Å². The van der Waals surface area contributed by atoms with Crippen molar-refractivity contribution in [1.82, 2.24) is 10.3 Å². The lowest BCUT2D eigenvalue weighted by atomic mass is 10.0. The molecule has 116 valence electrons. The first-order chi connectivity index (χ1) is 9.97. The summed E-state index contributed by atoms with van der Waals surface area (Å²) < 4.78 is 11.1. The van der Waals surface area contributed by atoms with Gasteiger partial charge in [-0.05, 0) is 25.8 Å². The van der Waals surface area contributed by atoms with Crippen LogP contribution < -0.4 is 5.32 Å². The van der Waals surface area contributed by atoms with Crippen LogP contribution in [0.1, 0.15) is 30.2 Å². The summed E-state index contributed by atoms with van der Waals surface area (Å²) in [6, 6.07) is 0. The predicted octanol–water partition coefficient (Wildman–Crippen LogP) is 2.37. The fraction of sp³-hybridized carbons (Fsp3) is 0.600. The third-order valence-electron chi connectivity index (χ3n) is 3.28. The Hall–Kier alpha value is -1.24. The number of hydrogen-bond donors (Lipinski definition) is 1. The van der Waals surface area contributed by atoms with Crippen LogP contribution in [0.5, 0.6) is 0 Å². The van der Waals surface area contributed by atoms with Gasteiger partial charge in [-0.15, -0.1) is 11.3 Å². The number of hydrogen-bond acceptors (Lipinski definition) is 5. The van der Waals surface area contributed by atoms with E-state index in [0.29, 0.717) is 19.8 Å². The summed E-state index contributed by atoms with van der Waals surface area (Å²) >= 11 is 1.56. The van der Waals surface area contributed by atoms with Crippen LogP contribution in [-0.2, 0) is 14.3 Å². The monoisotopic (exact) mass is 310 g/mol. The maximum Gasteiger partial charge on any atom is 0.244 e. The van der Waals surface area contributed by atoms with Gasteiger partial charge in [-0.3, -0.25) is 4.79 Å². The van der Waals surface area contributed by atoms with E-state index in [2.05, 4.69) is 17.2 Å². The fourth-order valence-corrected chi connectivity index (χ4v) is 3.01. The Kier molecular flexibility index (Phi) is 5.50. The molecule has 1 saturated heterocycles. The second-order valence-corrected chi connectivity index (χ2v) is 6.77. The molecule has 0 aromatic carbocycles. The van der Waals surface area contributed by atoms with Crippen molar-refractivity contribution in [2.24, 2.45) is 5.92 Å². The normalized spacial score (nSPS) is 19.0. The van der Waals surface area contributed by atoms with Crippen molar-refractivity contribution in [3.8, 4) is 0 Å². The van der Waals surface area contributed by atoms with E-state index in [0.717, 1.165) is 16.3 Å². The molecule has 6 heteroatoms. The molecule has 0 aliphatic carbocycles. The lowest BCUT2D eigenvalue weighted by Gasteiger charge is -2.25. The first-order valence-corrected chi connectivity index (χ1v) is 7.95. The summed E-state index contributed by atoms with van der Waals surface area (Å²) in [7, 11) is 0. The van der Waals surface area contributed by atoms with Crippen molar-refractivity contribution in [1.29, 1.82) is 0 Å². The zero-order valence-corrected chi connectivity index (χ0v) is 13.5. The highest BCUT2D eigenvalue weighted by Gasteiger charge is 2.32. The summed E-state index contributed by atoms with van der Waals surface area (Å²) in [5.74, 6) is -0.303. The van der Waals surface area contributed by atoms with E-state index in [1.54, 1.807) is 29.7 Å². The molecule has 1 fully saturated rings. The van der Waals surface area contributed by atoms with Gasteiger partial charge in [0, 0.05) is 30.1 Å². The van der Waals surface area contributed by atoms with E-state index in [1.807, 2.05) is 13.8 Å². The molecule has 1 atom stereocenters. The van der Waals surface area contributed by atoms with Gasteiger partial charge in [-0.25, -0.2) is 4.98 Å². The van der Waals surface area contributed by atoms with Gasteiger partial charge in [0.05, 0.1) is 18.2 Å². The van der Waals surface area contributed by atoms with Crippen molar-refractivity contribution in [2.75, 3.05) is 19.8 Å². The van der Waals surface area contributed by atoms with E-state index in [9.17, 15) is 4.79 Å². The summed E-state index contributed by atoms with van der Waals surface area (Å²) in [4.78, 5) is 16.9. The molecule has 1 amide bonds. The fourth-order valence-electron chi connectivity index (χ4n) is 2.33. The van der Waals surface area contributed by atoms with Crippen LogP contribution in [0.2, 0.25) is 0 Å². The van der Waals surface area contributed by atoms with Gasteiger partial charge in [-0.2, -0.15) is 0 Å². The molecule has 21 heavy (non-hydrogen) atoms. The second kappa shape index (κ2) is 7.15. The molecule has 0 saturated carbocycles. The van der Waals surface area contributed by atoms with Crippen LogP contribution in [0.25, 0.3) is 6.08 Å². The summed E-state index contributed by atoms with van der Waals surface area (Å²) in [5, 5.41) is 3.89. The number of rotatable bonds is 6. The Morgan fingerprint density at radius 2 is 2.29 bits per heavy atom. The van der Waals surface area contributed by atoms with E-state index in [-0.39, 0.29) is 11.8 Å². The maximum absolute atomic E-state index is 11.8. The van der Waals surface area contributed by atoms with E-state index in [4.69, 9.17) is 9.47 Å². The molecule has 0 bridgehead atoms. The second-order valence-electron chi connectivity index (χ2n) is 5.50. The highest BCUT2D eigenvalue weighted by atomic mass is 32.1. The Labute approximate surface area is 129 Å². The molecule has 1 aromatic rings. The number of amides is 1. The minimum atomic E-state index is -0.500. The van der Waals surface area contributed by atoms with E-state index < -0.39 is 5.79 Å². The highest BCUT2D eigenvalue weighted by molar-refractivity contribution is 7.12. The van der Waals surface area contributed by atoms with Gasteiger partial charge in [0.15, 0.2) is 5.79 Å². The zero-order valence-electron chi connectivity index (χ0n) is 12.7. The topological polar surface area (TPSA) is 60.5 Å². The van der Waals surface area contributed by atoms with E-state index in [1.165, 1.54) is 0 Å². The molecule has 0 radical (unpaired) electrons. The molecule has 1 aliphatic rings. The standard InChI is InChI=1S/C15H22N2O3S/c1-11(8-15(3)19-6-7-20-15)9-17-14(18)5-4-13-10-16-12(2)21-13/h4-5,10-11H,6-9H2,1-3H3,(H,17,18)/b5-4+/t11-/m0/s1. The van der Waals surface area contributed by atoms with Gasteiger partial charge < -0.3 is 14.8 Å². The van der Waals surface area contributed by atoms with Gasteiger partial charge in [0.1, 0.15) is 0 Å². The summed E-state index contributed by atoms with van der Waals surface area (Å²) in [6.45, 7) is 7.86. The minimum Gasteiger partial charge on any atom is -0.352 e. The number of nitrogens with one attached hydrogen (secondary N) is 1. The number of thiazole rings is 1. The predicted molar refractivity (Wildman–Crippen MR) is 83.0 cm³/mol. The van der Waals surface area contributed by atoms with Crippen LogP contribution in [0.3, 0.4) is 0 Å². The summed E-state index contributed by atoms with van der Waals surface area (Å²) in [6.07, 6.45) is 5.87. The largest absolute Gasteiger partial charge is 0.352 e. The molecular weight excluding hydrogens is 288 g/mol. The molecule has 1 aliphatic heterocycles. The maximum atomic E-state index is 11.8. The van der Waals surface area contributed by atoms with Crippen molar-refractivity contribution < 1.29 is 14.3 Å². The minimum absolute atomic E-state index is 0.0914. The number of aromatic nitrogens is 1. The molecule has 1 aromatic heterocycles. The average Bonchev–Trinajstić information content (AvgIpc) is 3.03. The van der Waals surface area contributed by atoms with Gasteiger partial charge in [-0.1, -0.05) is 6.92 Å². The number of aryl methyl sites for hydroxylation is 1. The first-order valence-electron chi connectivity index (χ1n) is 7.13. The van der Waals surface area contributed by atoms with Gasteiger partial charge in [0.25, 0.3) is 0 Å². The van der Waals surface area contributed by atoms with Crippen LogP contribution in [0.15, 0.2) is 12.3 Å². The Morgan fingerprint density at radius 3 is 2.90 bits per heavy atom. The van der Waals surface area contributed by atoms with Crippen molar-refractivity contribution >= 4 is 23.3 Å². The quantitative estimate of drug-likeness (QED) is 0.820. The van der Waals surface area contributed by atoms with Crippen molar-refractivity contribution in [3.63, 3.8) is 0 Å². The SMILES string of the molecule is Cc1ncc(/C=C/C(=O)NC[C@@H](C)CC2(C)OCCO2)s1. The van der Waals surface area contributed by atoms with Crippen molar-refractivity contribution in [2.45, 2.75) is 33.0 Å². The Bertz CT molecular complexity index is 507. The number of carbonyl (C=O) groups excluding carboxylic acids is 1. The molecule has 2 rings (SSSR count). The number of carbonyl (C=O) groups is 1. The first kappa shape index (κ1) is 16.1. The van der Waals surface area contributed by atoms with Crippen molar-refractivity contribution in [3.05, 3.63) is 22.2 Å². The summed E-state index contributed by atoms with van der Waals surface area (Å²) in [5.41, 5.74) is 0. The molecule has 2 heterocycles. The molecule has 5 nitrogen and oxygen atoms in total. The molecular formula is C15H22N2O3S. The van der Waals surface area contributed by atoms with Gasteiger partial charge in [0.2, 0.25) is 5.91 Å². The van der Waals surface area contributed by atoms with E-state index >= 15 is 0 Å². The van der Waals surface area contributed by atoms with Crippen LogP contribution in [0, 0.1) is 12.8 Å². The number of ether oxygens (including phenoxy) is 2. The Morgan fingerprint density at radius 1 is 1.57 bits per heavy atom. The van der Waals surface area contributed by atoms with Gasteiger partial charge >= 0.3 is 0 Å². The Balaban J connectivity index is 1.72. The molecule has 1 N–H and O–H groups in total. The molecule has 0 unspecified atom stereocenters. The lowest BCUT2D eigenvalue weighted by Crippen LogP contribution is -2.33. The lowest BCUT2D eigenvalue weighted by molar-refractivity contribution is -0.154. The average molecular weight is 310 g/mol. The zero-order chi connectivity index (χ0) is 15.3. The highest BCUT2D eigenvalue weighted by Crippen LogP contribution is 2.26. The number of nitrogens with zero attached hydrogens (tertiary/aromatic N) is 1. The van der Waals surface area contributed by atoms with Crippen LogP contribution >= 0.6 is 11.3 Å². The third-order valence-corrected chi connectivity index (χ3v) is 4.16. The van der Waals surface area contributed by atoms with Crippen LogP contribution in [-0.4, -0.2) is 36.4 Å². The molecule has 0 spiro atoms. The smallest absolute Gasteiger partial charge is 0.244 e. The third kappa shape index (κ3) is 5.22.